The molecule has 9 nitrogen and oxygen atoms in total. The molecule has 0 heterocycles. The quantitative estimate of drug-likeness (QED) is 0.129. The number of hydrogen-bond donors (Lipinski definition) is 5. The molecule has 0 spiro atoms. The summed E-state index contributed by atoms with van der Waals surface area (Å²) < 4.78 is 0. The Hall–Kier alpha value is -3.10. The molecule has 2 fully saturated rings. The van der Waals surface area contributed by atoms with Gasteiger partial charge < -0.3 is 22.6 Å². The molecule has 0 aromatic heterocycles. The van der Waals surface area contributed by atoms with Gasteiger partial charge in [-0.3, -0.25) is 14.9 Å². The zero-order chi connectivity index (χ0) is 27.3. The van der Waals surface area contributed by atoms with Crippen LogP contribution in [0.15, 0.2) is 34.4 Å². The largest absolute Gasteiger partial charge is 0.382 e. The minimum atomic E-state index is -0.651. The van der Waals surface area contributed by atoms with Crippen LogP contribution in [0.4, 0.5) is 0 Å². The summed E-state index contributed by atoms with van der Waals surface area (Å²) in [6.45, 7) is 2.55. The number of carbonyl (C=O) groups is 2. The Morgan fingerprint density at radius 2 is 1.71 bits per heavy atom. The van der Waals surface area contributed by atoms with E-state index < -0.39 is 6.04 Å². The first kappa shape index (κ1) is 29.5. The Morgan fingerprint density at radius 1 is 1.00 bits per heavy atom. The number of hydrogen-bond acceptors (Lipinski definition) is 5. The first-order valence-corrected chi connectivity index (χ1v) is 14.4. The summed E-state index contributed by atoms with van der Waals surface area (Å²) in [6, 6.07) is 6.75. The number of nitrogens with one attached hydrogen (secondary N) is 2. The summed E-state index contributed by atoms with van der Waals surface area (Å²) in [5.74, 6) is 6.86. The van der Waals surface area contributed by atoms with Gasteiger partial charge in [-0.05, 0) is 48.6 Å². The third-order valence-electron chi connectivity index (χ3n) is 8.11. The number of nitrogens with two attached hydrogens (primary N) is 3. The molecule has 1 aromatic rings. The molecular formula is C29H47N7O2. The van der Waals surface area contributed by atoms with Gasteiger partial charge in [0.2, 0.25) is 11.8 Å². The van der Waals surface area contributed by atoms with Crippen LogP contribution in [0.5, 0.6) is 0 Å². The lowest BCUT2D eigenvalue weighted by Gasteiger charge is -2.28. The molecule has 210 valence electrons. The maximum Gasteiger partial charge on any atom is 0.245 e. The van der Waals surface area contributed by atoms with Crippen LogP contribution in [0, 0.1) is 17.8 Å². The third kappa shape index (κ3) is 9.65. The third-order valence-corrected chi connectivity index (χ3v) is 8.11. The molecule has 0 radical (unpaired) electrons. The maximum atomic E-state index is 13.2. The van der Waals surface area contributed by atoms with Crippen LogP contribution in [0.3, 0.4) is 0 Å². The van der Waals surface area contributed by atoms with E-state index in [1.54, 1.807) is 0 Å². The highest BCUT2D eigenvalue weighted by molar-refractivity contribution is 5.98. The minimum Gasteiger partial charge on any atom is -0.382 e. The van der Waals surface area contributed by atoms with Crippen LogP contribution in [0.2, 0.25) is 0 Å². The van der Waals surface area contributed by atoms with Gasteiger partial charge >= 0.3 is 0 Å². The molecule has 2 aliphatic carbocycles. The number of carbonyl (C=O) groups excluding carboxylic acids is 2. The van der Waals surface area contributed by atoms with Crippen molar-refractivity contribution in [1.82, 2.24) is 10.6 Å². The van der Waals surface area contributed by atoms with Gasteiger partial charge in [0.05, 0.1) is 0 Å². The van der Waals surface area contributed by atoms with Gasteiger partial charge in [-0.2, -0.15) is 5.10 Å². The highest BCUT2D eigenvalue weighted by atomic mass is 16.2. The van der Waals surface area contributed by atoms with E-state index in [0.717, 1.165) is 37.2 Å². The summed E-state index contributed by atoms with van der Waals surface area (Å²) in [4.78, 5) is 30.4. The molecule has 0 aliphatic heterocycles. The molecule has 8 N–H and O–H groups in total. The zero-order valence-corrected chi connectivity index (χ0v) is 23.0. The van der Waals surface area contributed by atoms with E-state index >= 15 is 0 Å². The van der Waals surface area contributed by atoms with Gasteiger partial charge in [-0.25, -0.2) is 4.99 Å². The molecule has 2 saturated carbocycles. The zero-order valence-electron chi connectivity index (χ0n) is 23.0. The van der Waals surface area contributed by atoms with Gasteiger partial charge in [-0.1, -0.05) is 82.9 Å². The number of guanidine groups is 1. The first-order valence-electron chi connectivity index (χ1n) is 14.4. The van der Waals surface area contributed by atoms with Crippen molar-refractivity contribution in [1.29, 1.82) is 0 Å². The monoisotopic (exact) mass is 525 g/mol. The lowest BCUT2D eigenvalue weighted by molar-refractivity contribution is -0.123. The van der Waals surface area contributed by atoms with Crippen LogP contribution >= 0.6 is 0 Å². The molecule has 0 saturated heterocycles. The normalized spacial score (nSPS) is 22.0. The van der Waals surface area contributed by atoms with Gasteiger partial charge in [-0.15, -0.1) is 0 Å². The molecule has 1 atom stereocenters. The number of rotatable bonds is 11. The Balaban J connectivity index is 1.58. The van der Waals surface area contributed by atoms with Gasteiger partial charge in [0.1, 0.15) is 11.9 Å². The molecule has 1 aromatic carbocycles. The number of benzene rings is 1. The molecule has 2 amide bonds. The van der Waals surface area contributed by atoms with Gasteiger partial charge in [0.15, 0.2) is 5.96 Å². The molecular weight excluding hydrogens is 478 g/mol. The second kappa shape index (κ2) is 15.3. The topological polar surface area (TPSA) is 161 Å². The molecule has 0 bridgehead atoms. The second-order valence-electron chi connectivity index (χ2n) is 11.1. The van der Waals surface area contributed by atoms with E-state index in [1.807, 2.05) is 24.3 Å². The van der Waals surface area contributed by atoms with Crippen molar-refractivity contribution < 1.29 is 9.59 Å². The Bertz CT molecular complexity index is 963. The molecule has 3 rings (SSSR count). The van der Waals surface area contributed by atoms with Crippen LogP contribution in [-0.4, -0.2) is 29.7 Å². The SMILES string of the molecule is CCCC1CCC(CC(=O)NC(N)=N[C@H](CC2CCCCC2)C(=O)NCc2cccc(/C(N)=N/N)c2)CC1. The number of nitrogens with zero attached hydrogens (tertiary/aromatic N) is 2. The lowest BCUT2D eigenvalue weighted by Crippen LogP contribution is -2.42. The first-order chi connectivity index (χ1) is 18.4. The van der Waals surface area contributed by atoms with Crippen LogP contribution < -0.4 is 27.9 Å². The number of aliphatic imine (C=N–C) groups is 1. The smallest absolute Gasteiger partial charge is 0.245 e. The van der Waals surface area contributed by atoms with Crippen LogP contribution in [0.1, 0.15) is 102 Å². The van der Waals surface area contributed by atoms with E-state index in [0.29, 0.717) is 36.8 Å². The average Bonchev–Trinajstić information content (AvgIpc) is 2.92. The van der Waals surface area contributed by atoms with Crippen molar-refractivity contribution in [2.75, 3.05) is 0 Å². The Labute approximate surface area is 227 Å². The summed E-state index contributed by atoms with van der Waals surface area (Å²) in [5, 5.41) is 9.27. The summed E-state index contributed by atoms with van der Waals surface area (Å²) in [6.07, 6.45) is 13.9. The van der Waals surface area contributed by atoms with Gasteiger partial charge in [0.25, 0.3) is 0 Å². The average molecular weight is 526 g/mol. The summed E-state index contributed by atoms with van der Waals surface area (Å²) in [5.41, 5.74) is 13.5. The van der Waals surface area contributed by atoms with Crippen molar-refractivity contribution in [2.45, 2.75) is 103 Å². The second-order valence-corrected chi connectivity index (χ2v) is 11.1. The highest BCUT2D eigenvalue weighted by Crippen LogP contribution is 2.33. The number of hydrazone groups is 1. The van der Waals surface area contributed by atoms with E-state index in [4.69, 9.17) is 17.3 Å². The maximum absolute atomic E-state index is 13.2. The van der Waals surface area contributed by atoms with E-state index in [9.17, 15) is 9.59 Å². The summed E-state index contributed by atoms with van der Waals surface area (Å²) >= 11 is 0. The standard InChI is InChI=1S/C29H47N7O2/c1-2-7-20-12-14-22(15-13-20)18-26(37)35-29(31)34-25(17-21-8-4-3-5-9-21)28(38)33-19-23-10-6-11-24(16-23)27(30)36-32/h6,10-11,16,20-22,25H,2-5,7-9,12-15,17-19,32H2,1H3,(H2,30,36)(H,33,38)(H3,31,34,35,37)/t20?,22?,25-/m1/s1. The minimum absolute atomic E-state index is 0.0274. The number of amidine groups is 1. The van der Waals surface area contributed by atoms with Crippen LogP contribution in [-0.2, 0) is 16.1 Å². The van der Waals surface area contributed by atoms with Crippen molar-refractivity contribution in [3.05, 3.63) is 35.4 Å². The fraction of sp³-hybridized carbons (Fsp3) is 0.655. The van der Waals surface area contributed by atoms with Crippen molar-refractivity contribution in [3.8, 4) is 0 Å². The molecule has 0 unspecified atom stereocenters. The Morgan fingerprint density at radius 3 is 2.39 bits per heavy atom. The fourth-order valence-electron chi connectivity index (χ4n) is 5.97. The van der Waals surface area contributed by atoms with E-state index in [1.165, 1.54) is 44.9 Å². The van der Waals surface area contributed by atoms with Crippen molar-refractivity contribution in [3.63, 3.8) is 0 Å². The van der Waals surface area contributed by atoms with Crippen LogP contribution in [0.25, 0.3) is 0 Å². The summed E-state index contributed by atoms with van der Waals surface area (Å²) in [7, 11) is 0. The van der Waals surface area contributed by atoms with E-state index in [-0.39, 0.29) is 23.6 Å². The van der Waals surface area contributed by atoms with E-state index in [2.05, 4.69) is 27.7 Å². The molecule has 9 heteroatoms. The Kier molecular flexibility index (Phi) is 11.9. The molecule has 38 heavy (non-hydrogen) atoms. The lowest BCUT2D eigenvalue weighted by atomic mass is 9.79. The molecule has 2 aliphatic rings. The van der Waals surface area contributed by atoms with Crippen molar-refractivity contribution >= 4 is 23.6 Å². The predicted octanol–water partition coefficient (Wildman–Crippen LogP) is 3.65. The highest BCUT2D eigenvalue weighted by Gasteiger charge is 2.26. The van der Waals surface area contributed by atoms with Gasteiger partial charge in [0, 0.05) is 18.5 Å². The number of amides is 2. The van der Waals surface area contributed by atoms with Crippen molar-refractivity contribution in [2.24, 2.45) is 45.2 Å². The predicted molar refractivity (Wildman–Crippen MR) is 153 cm³/mol. The fourth-order valence-corrected chi connectivity index (χ4v) is 5.97.